The van der Waals surface area contributed by atoms with Gasteiger partial charge in [0.25, 0.3) is 0 Å². The van der Waals surface area contributed by atoms with E-state index in [1.54, 1.807) is 12.1 Å². The maximum atomic E-state index is 12.4. The van der Waals surface area contributed by atoms with E-state index >= 15 is 0 Å². The first kappa shape index (κ1) is 19.1. The number of rotatable bonds is 7. The molecule has 124 valence electrons. The molecule has 1 rings (SSSR count). The summed E-state index contributed by atoms with van der Waals surface area (Å²) in [6.07, 6.45) is 3.85. The van der Waals surface area contributed by atoms with Gasteiger partial charge in [0, 0.05) is 5.54 Å². The molecular weight excluding hydrogens is 310 g/mol. The molecule has 1 aromatic carbocycles. The molecule has 0 aliphatic rings. The summed E-state index contributed by atoms with van der Waals surface area (Å²) in [5.41, 5.74) is 2.89. The van der Waals surface area contributed by atoms with Crippen molar-refractivity contribution in [2.24, 2.45) is 0 Å². The number of hydrogen-bond donors (Lipinski definition) is 1. The van der Waals surface area contributed by atoms with Crippen LogP contribution in [0.25, 0.3) is 0 Å². The average molecular weight is 340 g/mol. The lowest BCUT2D eigenvalue weighted by molar-refractivity contribution is 0.425. The van der Waals surface area contributed by atoms with E-state index in [2.05, 4.69) is 36.1 Å². The summed E-state index contributed by atoms with van der Waals surface area (Å²) < 4.78 is 27.7. The fraction of sp³-hybridized carbons (Fsp3) is 0.529. The zero-order valence-electron chi connectivity index (χ0n) is 14.6. The minimum Gasteiger partial charge on any atom is -0.207 e. The minimum atomic E-state index is -3.47. The topological polar surface area (TPSA) is 46.2 Å². The molecular formula is C17H29NO2SSi. The van der Waals surface area contributed by atoms with Crippen molar-refractivity contribution in [1.82, 2.24) is 4.72 Å². The fourth-order valence-corrected chi connectivity index (χ4v) is 4.39. The van der Waals surface area contributed by atoms with Crippen molar-refractivity contribution in [1.29, 1.82) is 0 Å². The van der Waals surface area contributed by atoms with Crippen LogP contribution in [0.3, 0.4) is 0 Å². The van der Waals surface area contributed by atoms with E-state index in [9.17, 15) is 8.42 Å². The minimum absolute atomic E-state index is 0.323. The predicted octanol–water partition coefficient (Wildman–Crippen LogP) is 4.27. The Hall–Kier alpha value is -0.913. The van der Waals surface area contributed by atoms with Crippen molar-refractivity contribution in [3.05, 3.63) is 41.6 Å². The molecule has 0 radical (unpaired) electrons. The van der Waals surface area contributed by atoms with E-state index in [1.165, 1.54) is 0 Å². The van der Waals surface area contributed by atoms with Crippen LogP contribution >= 0.6 is 0 Å². The molecule has 0 aliphatic carbocycles. The molecule has 0 spiro atoms. The third-order valence-corrected chi connectivity index (χ3v) is 6.25. The van der Waals surface area contributed by atoms with Crippen LogP contribution in [0.5, 0.6) is 0 Å². The van der Waals surface area contributed by atoms with Gasteiger partial charge in [0.2, 0.25) is 10.0 Å². The molecule has 0 fully saturated rings. The summed E-state index contributed by atoms with van der Waals surface area (Å²) in [6.45, 7) is 12.7. The molecule has 1 aromatic rings. The Kier molecular flexibility index (Phi) is 6.18. The average Bonchev–Trinajstić information content (AvgIpc) is 2.33. The summed E-state index contributed by atoms with van der Waals surface area (Å²) in [4.78, 5) is 0.323. The van der Waals surface area contributed by atoms with E-state index in [0.717, 1.165) is 18.4 Å². The molecule has 0 saturated carbocycles. The standard InChI is InChI=1S/C17H29NO2SSi/c1-15-9-11-16(12-10-15)21(19,20)18-17(2,3)13-7-8-14-22(4,5)6/h8-12,14,18H,7,13H2,1-6H3/b14-8+. The van der Waals surface area contributed by atoms with Crippen LogP contribution in [0.15, 0.2) is 40.9 Å². The molecule has 3 nitrogen and oxygen atoms in total. The molecule has 0 amide bonds. The molecule has 0 atom stereocenters. The van der Waals surface area contributed by atoms with Gasteiger partial charge in [-0.25, -0.2) is 13.1 Å². The van der Waals surface area contributed by atoms with Gasteiger partial charge in [-0.05, 0) is 45.7 Å². The van der Waals surface area contributed by atoms with Gasteiger partial charge >= 0.3 is 0 Å². The van der Waals surface area contributed by atoms with E-state index < -0.39 is 23.6 Å². The fourth-order valence-electron chi connectivity index (χ4n) is 2.07. The molecule has 0 heterocycles. The summed E-state index contributed by atoms with van der Waals surface area (Å²) in [6, 6.07) is 6.94. The molecule has 22 heavy (non-hydrogen) atoms. The Labute approximate surface area is 136 Å². The van der Waals surface area contributed by atoms with Gasteiger partial charge in [-0.1, -0.05) is 49.1 Å². The third-order valence-electron chi connectivity index (χ3n) is 3.30. The monoisotopic (exact) mass is 339 g/mol. The largest absolute Gasteiger partial charge is 0.241 e. The SMILES string of the molecule is Cc1ccc(S(=O)(=O)NC(C)(C)CC/C=C/[Si](C)(C)C)cc1. The van der Waals surface area contributed by atoms with E-state index in [4.69, 9.17) is 0 Å². The maximum absolute atomic E-state index is 12.4. The second kappa shape index (κ2) is 7.11. The molecule has 5 heteroatoms. The van der Waals surface area contributed by atoms with Crippen LogP contribution < -0.4 is 4.72 Å². The first-order valence-electron chi connectivity index (χ1n) is 7.70. The van der Waals surface area contributed by atoms with Gasteiger partial charge in [0.05, 0.1) is 13.0 Å². The van der Waals surface area contributed by atoms with Crippen LogP contribution in [-0.2, 0) is 10.0 Å². The lowest BCUT2D eigenvalue weighted by Gasteiger charge is -2.25. The number of sulfonamides is 1. The Morgan fingerprint density at radius 2 is 1.68 bits per heavy atom. The summed E-state index contributed by atoms with van der Waals surface area (Å²) in [7, 11) is -4.64. The summed E-state index contributed by atoms with van der Waals surface area (Å²) in [5.74, 6) is 0. The smallest absolute Gasteiger partial charge is 0.207 e. The van der Waals surface area contributed by atoms with Crippen LogP contribution in [0, 0.1) is 6.92 Å². The van der Waals surface area contributed by atoms with Crippen LogP contribution in [0.4, 0.5) is 0 Å². The van der Waals surface area contributed by atoms with Gasteiger partial charge in [0.1, 0.15) is 0 Å². The highest BCUT2D eigenvalue weighted by Crippen LogP contribution is 2.18. The lowest BCUT2D eigenvalue weighted by atomic mass is 10.0. The molecule has 0 bridgehead atoms. The number of benzene rings is 1. The number of hydrogen-bond acceptors (Lipinski definition) is 2. The van der Waals surface area contributed by atoms with Gasteiger partial charge < -0.3 is 0 Å². The first-order valence-corrected chi connectivity index (χ1v) is 12.8. The van der Waals surface area contributed by atoms with Crippen molar-refractivity contribution in [3.8, 4) is 0 Å². The van der Waals surface area contributed by atoms with Gasteiger partial charge in [-0.15, -0.1) is 0 Å². The Morgan fingerprint density at radius 3 is 2.18 bits per heavy atom. The van der Waals surface area contributed by atoms with Crippen LogP contribution in [-0.4, -0.2) is 22.0 Å². The van der Waals surface area contributed by atoms with E-state index in [1.807, 2.05) is 32.9 Å². The summed E-state index contributed by atoms with van der Waals surface area (Å²) in [5, 5.41) is 0. The second-order valence-corrected chi connectivity index (χ2v) is 14.4. The van der Waals surface area contributed by atoms with Gasteiger partial charge in [-0.2, -0.15) is 0 Å². The van der Waals surface area contributed by atoms with Crippen molar-refractivity contribution < 1.29 is 8.42 Å². The highest BCUT2D eigenvalue weighted by atomic mass is 32.2. The number of allylic oxidation sites excluding steroid dienone is 1. The van der Waals surface area contributed by atoms with Crippen LogP contribution in [0.2, 0.25) is 19.6 Å². The Morgan fingerprint density at radius 1 is 1.14 bits per heavy atom. The molecule has 1 N–H and O–H groups in total. The third kappa shape index (κ3) is 6.90. The van der Waals surface area contributed by atoms with Crippen LogP contribution in [0.1, 0.15) is 32.3 Å². The first-order chi connectivity index (χ1) is 9.91. The zero-order chi connectivity index (χ0) is 17.0. The van der Waals surface area contributed by atoms with Crippen molar-refractivity contribution in [2.75, 3.05) is 0 Å². The summed E-state index contributed by atoms with van der Waals surface area (Å²) >= 11 is 0. The second-order valence-electron chi connectivity index (χ2n) is 7.61. The molecule has 0 unspecified atom stereocenters. The quantitative estimate of drug-likeness (QED) is 0.754. The highest BCUT2D eigenvalue weighted by molar-refractivity contribution is 7.89. The molecule has 0 aliphatic heterocycles. The van der Waals surface area contributed by atoms with Crippen molar-refractivity contribution >= 4 is 18.1 Å². The zero-order valence-corrected chi connectivity index (χ0v) is 16.4. The lowest BCUT2D eigenvalue weighted by Crippen LogP contribution is -2.43. The van der Waals surface area contributed by atoms with E-state index in [-0.39, 0.29) is 0 Å². The number of aryl methyl sites for hydroxylation is 1. The van der Waals surface area contributed by atoms with E-state index in [0.29, 0.717) is 4.90 Å². The highest BCUT2D eigenvalue weighted by Gasteiger charge is 2.25. The maximum Gasteiger partial charge on any atom is 0.241 e. The molecule has 0 saturated heterocycles. The van der Waals surface area contributed by atoms with Crippen molar-refractivity contribution in [3.63, 3.8) is 0 Å². The normalized spacial score (nSPS) is 13.7. The van der Waals surface area contributed by atoms with Crippen molar-refractivity contribution in [2.45, 2.75) is 63.7 Å². The Balaban J connectivity index is 2.70. The predicted molar refractivity (Wildman–Crippen MR) is 97.3 cm³/mol. The molecule has 0 aromatic heterocycles. The number of nitrogens with one attached hydrogen (secondary N) is 1. The van der Waals surface area contributed by atoms with Gasteiger partial charge in [-0.3, -0.25) is 0 Å². The Bertz CT molecular complexity index is 611. The van der Waals surface area contributed by atoms with Gasteiger partial charge in [0.15, 0.2) is 0 Å².